The van der Waals surface area contributed by atoms with Gasteiger partial charge in [-0.3, -0.25) is 4.79 Å². The van der Waals surface area contributed by atoms with Crippen molar-refractivity contribution in [3.05, 3.63) is 29.6 Å². The van der Waals surface area contributed by atoms with Crippen LogP contribution >= 0.6 is 0 Å². The highest BCUT2D eigenvalue weighted by Gasteiger charge is 2.21. The lowest BCUT2D eigenvalue weighted by atomic mass is 10.0. The number of carbonyl (C=O) groups is 1. The number of hydrogen-bond acceptors (Lipinski definition) is 2. The number of rotatable bonds is 6. The van der Waals surface area contributed by atoms with Crippen LogP contribution in [0, 0.1) is 5.82 Å². The zero-order chi connectivity index (χ0) is 15.9. The van der Waals surface area contributed by atoms with E-state index in [-0.39, 0.29) is 11.7 Å². The lowest BCUT2D eigenvalue weighted by molar-refractivity contribution is -0.928. The van der Waals surface area contributed by atoms with E-state index in [0.717, 1.165) is 19.0 Å². The van der Waals surface area contributed by atoms with Crippen molar-refractivity contribution < 1.29 is 18.8 Å². The molecule has 1 amide bonds. The van der Waals surface area contributed by atoms with E-state index >= 15 is 0 Å². The first-order valence-electron chi connectivity index (χ1n) is 8.08. The third-order valence-electron chi connectivity index (χ3n) is 4.46. The van der Waals surface area contributed by atoms with Crippen molar-refractivity contribution in [2.45, 2.75) is 38.6 Å². The minimum absolute atomic E-state index is 0.152. The van der Waals surface area contributed by atoms with E-state index in [1.807, 2.05) is 0 Å². The molecule has 2 rings (SSSR count). The SMILES string of the molecule is COc1ccc(C(=O)NCCC[NH+]2CCCC[C@H]2C)cc1F. The Kier molecular flexibility index (Phi) is 6.19. The maximum Gasteiger partial charge on any atom is 0.251 e. The Morgan fingerprint density at radius 1 is 1.45 bits per heavy atom. The smallest absolute Gasteiger partial charge is 0.251 e. The second-order valence-corrected chi connectivity index (χ2v) is 6.01. The van der Waals surface area contributed by atoms with Gasteiger partial charge in [0.05, 0.1) is 26.2 Å². The molecule has 22 heavy (non-hydrogen) atoms. The highest BCUT2D eigenvalue weighted by molar-refractivity contribution is 5.94. The van der Waals surface area contributed by atoms with Gasteiger partial charge in [0.25, 0.3) is 5.91 Å². The van der Waals surface area contributed by atoms with Crippen molar-refractivity contribution >= 4 is 5.91 Å². The monoisotopic (exact) mass is 309 g/mol. The summed E-state index contributed by atoms with van der Waals surface area (Å²) in [6.07, 6.45) is 4.89. The van der Waals surface area contributed by atoms with Crippen molar-refractivity contribution in [3.63, 3.8) is 0 Å². The topological polar surface area (TPSA) is 42.8 Å². The average Bonchev–Trinajstić information content (AvgIpc) is 2.52. The fourth-order valence-corrected chi connectivity index (χ4v) is 3.05. The standard InChI is InChI=1S/C17H25FN2O2/c1-13-6-3-4-10-20(13)11-5-9-19-17(21)14-7-8-16(22-2)15(18)12-14/h7-8,12-13H,3-6,9-11H2,1-2H3,(H,19,21)/p+1/t13-/m1/s1. The Hall–Kier alpha value is -1.62. The lowest BCUT2D eigenvalue weighted by Gasteiger charge is -2.30. The Morgan fingerprint density at radius 2 is 2.27 bits per heavy atom. The molecule has 0 spiro atoms. The van der Waals surface area contributed by atoms with Crippen molar-refractivity contribution in [3.8, 4) is 5.75 Å². The summed E-state index contributed by atoms with van der Waals surface area (Å²) in [6.45, 7) is 5.24. The molecule has 1 saturated heterocycles. The van der Waals surface area contributed by atoms with Gasteiger partial charge < -0.3 is 15.0 Å². The van der Waals surface area contributed by atoms with Crippen LogP contribution in [-0.4, -0.2) is 38.7 Å². The predicted octanol–water partition coefficient (Wildman–Crippen LogP) is 1.41. The minimum atomic E-state index is -0.512. The first-order chi connectivity index (χ1) is 10.6. The zero-order valence-corrected chi connectivity index (χ0v) is 13.5. The number of hydrogen-bond donors (Lipinski definition) is 2. The molecule has 1 heterocycles. The number of piperidine rings is 1. The molecule has 2 atom stereocenters. The van der Waals surface area contributed by atoms with Gasteiger partial charge in [-0.1, -0.05) is 0 Å². The quantitative estimate of drug-likeness (QED) is 0.780. The molecule has 0 radical (unpaired) electrons. The number of ether oxygens (including phenoxy) is 1. The maximum atomic E-state index is 13.6. The summed E-state index contributed by atoms with van der Waals surface area (Å²) in [7, 11) is 1.40. The van der Waals surface area contributed by atoms with Gasteiger partial charge in [-0.05, 0) is 44.4 Å². The van der Waals surface area contributed by atoms with Gasteiger partial charge in [-0.25, -0.2) is 4.39 Å². The first kappa shape index (κ1) is 16.7. The number of amides is 1. The van der Waals surface area contributed by atoms with Crippen LogP contribution in [0.3, 0.4) is 0 Å². The van der Waals surface area contributed by atoms with E-state index in [4.69, 9.17) is 4.74 Å². The molecule has 5 heteroatoms. The molecule has 1 fully saturated rings. The van der Waals surface area contributed by atoms with E-state index in [1.165, 1.54) is 45.0 Å². The van der Waals surface area contributed by atoms with E-state index in [1.54, 1.807) is 11.0 Å². The number of halogens is 1. The van der Waals surface area contributed by atoms with Gasteiger partial charge in [0.1, 0.15) is 0 Å². The molecule has 1 aliphatic heterocycles. The molecule has 4 nitrogen and oxygen atoms in total. The highest BCUT2D eigenvalue weighted by Crippen LogP contribution is 2.17. The molecule has 0 saturated carbocycles. The van der Waals surface area contributed by atoms with Gasteiger partial charge in [0.15, 0.2) is 11.6 Å². The minimum Gasteiger partial charge on any atom is -0.494 e. The lowest BCUT2D eigenvalue weighted by Crippen LogP contribution is -3.16. The molecular weight excluding hydrogens is 283 g/mol. The largest absolute Gasteiger partial charge is 0.494 e. The van der Waals surface area contributed by atoms with Crippen LogP contribution in [0.1, 0.15) is 43.0 Å². The average molecular weight is 309 g/mol. The van der Waals surface area contributed by atoms with Crippen LogP contribution in [0.2, 0.25) is 0 Å². The third kappa shape index (κ3) is 4.44. The normalized spacial score (nSPS) is 21.4. The molecular formula is C17H26FN2O2+. The third-order valence-corrected chi connectivity index (χ3v) is 4.46. The molecule has 0 bridgehead atoms. The molecule has 0 aliphatic carbocycles. The number of methoxy groups -OCH3 is 1. The summed E-state index contributed by atoms with van der Waals surface area (Å²) in [5.74, 6) is -0.593. The number of quaternary nitrogens is 1. The van der Waals surface area contributed by atoms with Crippen molar-refractivity contribution in [1.82, 2.24) is 5.32 Å². The molecule has 2 N–H and O–H groups in total. The van der Waals surface area contributed by atoms with E-state index < -0.39 is 5.82 Å². The summed E-state index contributed by atoms with van der Waals surface area (Å²) in [4.78, 5) is 13.6. The van der Waals surface area contributed by atoms with E-state index in [2.05, 4.69) is 12.2 Å². The predicted molar refractivity (Wildman–Crippen MR) is 83.9 cm³/mol. The van der Waals surface area contributed by atoms with Crippen LogP contribution in [0.4, 0.5) is 4.39 Å². The second-order valence-electron chi connectivity index (χ2n) is 6.01. The Balaban J connectivity index is 1.74. The Morgan fingerprint density at radius 3 is 2.95 bits per heavy atom. The van der Waals surface area contributed by atoms with Crippen LogP contribution < -0.4 is 15.0 Å². The Bertz CT molecular complexity index is 507. The number of likely N-dealkylation sites (tertiary alicyclic amines) is 1. The van der Waals surface area contributed by atoms with Crippen molar-refractivity contribution in [2.75, 3.05) is 26.7 Å². The molecule has 122 valence electrons. The molecule has 1 aliphatic rings. The van der Waals surface area contributed by atoms with Crippen LogP contribution in [0.15, 0.2) is 18.2 Å². The van der Waals surface area contributed by atoms with Crippen LogP contribution in [-0.2, 0) is 0 Å². The number of benzene rings is 1. The van der Waals surface area contributed by atoms with Crippen molar-refractivity contribution in [2.24, 2.45) is 0 Å². The molecule has 1 unspecified atom stereocenters. The highest BCUT2D eigenvalue weighted by atomic mass is 19.1. The van der Waals surface area contributed by atoms with Crippen LogP contribution in [0.5, 0.6) is 5.75 Å². The summed E-state index contributed by atoms with van der Waals surface area (Å²) in [5, 5.41) is 2.86. The molecule has 1 aromatic rings. The summed E-state index contributed by atoms with van der Waals surface area (Å²) < 4.78 is 18.4. The second kappa shape index (κ2) is 8.13. The van der Waals surface area contributed by atoms with E-state index in [9.17, 15) is 9.18 Å². The molecule has 1 aromatic carbocycles. The van der Waals surface area contributed by atoms with Crippen molar-refractivity contribution in [1.29, 1.82) is 0 Å². The van der Waals surface area contributed by atoms with Gasteiger partial charge in [-0.2, -0.15) is 0 Å². The summed E-state index contributed by atoms with van der Waals surface area (Å²) in [5.41, 5.74) is 0.331. The van der Waals surface area contributed by atoms with Gasteiger partial charge in [0, 0.05) is 18.5 Å². The van der Waals surface area contributed by atoms with Gasteiger partial charge in [-0.15, -0.1) is 0 Å². The summed E-state index contributed by atoms with van der Waals surface area (Å²) >= 11 is 0. The zero-order valence-electron chi connectivity index (χ0n) is 13.5. The fourth-order valence-electron chi connectivity index (χ4n) is 3.05. The number of carbonyl (C=O) groups excluding carboxylic acids is 1. The Labute approximate surface area is 131 Å². The van der Waals surface area contributed by atoms with Crippen LogP contribution in [0.25, 0.3) is 0 Å². The summed E-state index contributed by atoms with van der Waals surface area (Å²) in [6, 6.07) is 4.99. The number of nitrogens with one attached hydrogen (secondary N) is 2. The first-order valence-corrected chi connectivity index (χ1v) is 8.08. The molecule has 0 aromatic heterocycles. The van der Waals surface area contributed by atoms with E-state index in [0.29, 0.717) is 12.1 Å². The van der Waals surface area contributed by atoms with Gasteiger partial charge >= 0.3 is 0 Å². The van der Waals surface area contributed by atoms with Gasteiger partial charge in [0.2, 0.25) is 0 Å². The maximum absolute atomic E-state index is 13.6. The fraction of sp³-hybridized carbons (Fsp3) is 0.588.